The number of nitrogens with one attached hydrogen (secondary N) is 1. The summed E-state index contributed by atoms with van der Waals surface area (Å²) in [5, 5.41) is 3.34. The number of halogens is 1. The van der Waals surface area contributed by atoms with Gasteiger partial charge in [0, 0.05) is 19.4 Å². The van der Waals surface area contributed by atoms with Gasteiger partial charge in [-0.3, -0.25) is 4.79 Å². The maximum absolute atomic E-state index is 12.6. The van der Waals surface area contributed by atoms with Crippen LogP contribution in [0.5, 0.6) is 5.75 Å². The molecule has 1 aromatic carbocycles. The van der Waals surface area contributed by atoms with E-state index in [2.05, 4.69) is 5.32 Å². The maximum Gasteiger partial charge on any atom is 0.256 e. The molecule has 0 spiro atoms. The molecule has 1 fully saturated rings. The molecule has 1 N–H and O–H groups in total. The molecule has 0 aromatic heterocycles. The molecule has 23 heavy (non-hydrogen) atoms. The minimum absolute atomic E-state index is 0.133. The summed E-state index contributed by atoms with van der Waals surface area (Å²) in [7, 11) is 1.61. The second kappa shape index (κ2) is 7.99. The number of methoxy groups -OCH3 is 1. The van der Waals surface area contributed by atoms with E-state index in [4.69, 9.17) is 25.8 Å². The molecule has 6 heteroatoms. The SMILES string of the molecule is CCOC(C)(C(=O)Nc1ccc(OCCOC)c(Cl)c1)C1CC1. The Morgan fingerprint density at radius 3 is 2.70 bits per heavy atom. The zero-order valence-corrected chi connectivity index (χ0v) is 14.6. The number of carbonyl (C=O) groups is 1. The highest BCUT2D eigenvalue weighted by Crippen LogP contribution is 2.42. The van der Waals surface area contributed by atoms with Crippen molar-refractivity contribution in [3.63, 3.8) is 0 Å². The summed E-state index contributed by atoms with van der Waals surface area (Å²) in [5.41, 5.74) is -0.153. The predicted molar refractivity (Wildman–Crippen MR) is 90.2 cm³/mol. The Hall–Kier alpha value is -1.30. The first-order valence-corrected chi connectivity index (χ1v) is 8.25. The number of hydrogen-bond donors (Lipinski definition) is 1. The lowest BCUT2D eigenvalue weighted by Crippen LogP contribution is -2.44. The van der Waals surface area contributed by atoms with Crippen LogP contribution in [0.4, 0.5) is 5.69 Å². The summed E-state index contributed by atoms with van der Waals surface area (Å²) >= 11 is 6.19. The van der Waals surface area contributed by atoms with Crippen molar-refractivity contribution in [1.82, 2.24) is 0 Å². The van der Waals surface area contributed by atoms with Gasteiger partial charge in [0.05, 0.1) is 11.6 Å². The molecule has 5 nitrogen and oxygen atoms in total. The number of ether oxygens (including phenoxy) is 3. The van der Waals surface area contributed by atoms with Crippen LogP contribution in [0.1, 0.15) is 26.7 Å². The second-order valence-corrected chi connectivity index (χ2v) is 6.16. The lowest BCUT2D eigenvalue weighted by Gasteiger charge is -2.28. The normalized spacial score (nSPS) is 16.7. The summed E-state index contributed by atoms with van der Waals surface area (Å²) < 4.78 is 16.1. The Morgan fingerprint density at radius 2 is 2.13 bits per heavy atom. The standard InChI is InChI=1S/C17H24ClNO4/c1-4-23-17(2,12-5-6-12)16(20)19-13-7-8-15(14(18)11-13)22-10-9-21-3/h7-8,11-12H,4-6,9-10H2,1-3H3,(H,19,20). The van der Waals surface area contributed by atoms with Crippen molar-refractivity contribution in [2.24, 2.45) is 5.92 Å². The molecule has 0 aliphatic heterocycles. The number of hydrogen-bond acceptors (Lipinski definition) is 4. The third-order valence-electron chi connectivity index (χ3n) is 3.99. The molecule has 2 rings (SSSR count). The van der Waals surface area contributed by atoms with Crippen LogP contribution < -0.4 is 10.1 Å². The van der Waals surface area contributed by atoms with Crippen molar-refractivity contribution >= 4 is 23.2 Å². The summed E-state index contributed by atoms with van der Waals surface area (Å²) in [6.45, 7) is 5.17. The van der Waals surface area contributed by atoms with Crippen LogP contribution in [0.25, 0.3) is 0 Å². The first kappa shape index (κ1) is 18.0. The molecular weight excluding hydrogens is 318 g/mol. The zero-order valence-electron chi connectivity index (χ0n) is 13.9. The van der Waals surface area contributed by atoms with Crippen LogP contribution in [0, 0.1) is 5.92 Å². The minimum atomic E-state index is -0.783. The topological polar surface area (TPSA) is 56.8 Å². The van der Waals surface area contributed by atoms with Gasteiger partial charge < -0.3 is 19.5 Å². The van der Waals surface area contributed by atoms with Crippen LogP contribution in [0.15, 0.2) is 18.2 Å². The van der Waals surface area contributed by atoms with Gasteiger partial charge in [-0.05, 0) is 50.8 Å². The van der Waals surface area contributed by atoms with Crippen molar-refractivity contribution in [3.8, 4) is 5.75 Å². The molecule has 1 unspecified atom stereocenters. The lowest BCUT2D eigenvalue weighted by atomic mass is 9.99. The maximum atomic E-state index is 12.6. The van der Waals surface area contributed by atoms with E-state index in [0.717, 1.165) is 12.8 Å². The quantitative estimate of drug-likeness (QED) is 0.698. The van der Waals surface area contributed by atoms with Gasteiger partial charge in [-0.25, -0.2) is 0 Å². The van der Waals surface area contributed by atoms with Crippen molar-refractivity contribution in [2.75, 3.05) is 32.2 Å². The van der Waals surface area contributed by atoms with E-state index in [1.807, 2.05) is 13.8 Å². The van der Waals surface area contributed by atoms with Crippen molar-refractivity contribution in [1.29, 1.82) is 0 Å². The van der Waals surface area contributed by atoms with E-state index >= 15 is 0 Å². The van der Waals surface area contributed by atoms with E-state index in [-0.39, 0.29) is 11.8 Å². The molecule has 1 amide bonds. The molecule has 0 bridgehead atoms. The largest absolute Gasteiger partial charge is 0.490 e. The van der Waals surface area contributed by atoms with Gasteiger partial charge in [0.2, 0.25) is 0 Å². The Balaban J connectivity index is 2.01. The van der Waals surface area contributed by atoms with Gasteiger partial charge in [-0.2, -0.15) is 0 Å². The van der Waals surface area contributed by atoms with Gasteiger partial charge in [0.15, 0.2) is 0 Å². The molecular formula is C17H24ClNO4. The molecule has 1 atom stereocenters. The first-order valence-electron chi connectivity index (χ1n) is 7.88. The molecule has 1 aliphatic carbocycles. The van der Waals surface area contributed by atoms with Crippen LogP contribution in [0.3, 0.4) is 0 Å². The van der Waals surface area contributed by atoms with E-state index in [0.29, 0.717) is 36.3 Å². The van der Waals surface area contributed by atoms with Gasteiger partial charge >= 0.3 is 0 Å². The average Bonchev–Trinajstić information content (AvgIpc) is 3.35. The average molecular weight is 342 g/mol. The fourth-order valence-corrected chi connectivity index (χ4v) is 2.72. The highest BCUT2D eigenvalue weighted by Gasteiger charge is 2.48. The summed E-state index contributed by atoms with van der Waals surface area (Å²) in [6, 6.07) is 5.19. The number of benzene rings is 1. The summed E-state index contributed by atoms with van der Waals surface area (Å²) in [4.78, 5) is 12.6. The third kappa shape index (κ3) is 4.59. The minimum Gasteiger partial charge on any atom is -0.490 e. The van der Waals surface area contributed by atoms with Gasteiger partial charge in [-0.15, -0.1) is 0 Å². The van der Waals surface area contributed by atoms with E-state index in [1.165, 1.54) is 0 Å². The van der Waals surface area contributed by atoms with Crippen LogP contribution in [-0.4, -0.2) is 38.4 Å². The first-order chi connectivity index (χ1) is 11.0. The highest BCUT2D eigenvalue weighted by atomic mass is 35.5. The lowest BCUT2D eigenvalue weighted by molar-refractivity contribution is -0.141. The molecule has 1 aromatic rings. The zero-order chi connectivity index (χ0) is 16.9. The van der Waals surface area contributed by atoms with Gasteiger partial charge in [-0.1, -0.05) is 11.6 Å². The van der Waals surface area contributed by atoms with Gasteiger partial charge in [0.25, 0.3) is 5.91 Å². The third-order valence-corrected chi connectivity index (χ3v) is 4.28. The fraction of sp³-hybridized carbons (Fsp3) is 0.588. The van der Waals surface area contributed by atoms with Crippen molar-refractivity contribution < 1.29 is 19.0 Å². The fourth-order valence-electron chi connectivity index (χ4n) is 2.49. The Kier molecular flexibility index (Phi) is 6.27. The molecule has 0 heterocycles. The Bertz CT molecular complexity index is 547. The molecule has 0 radical (unpaired) electrons. The van der Waals surface area contributed by atoms with Crippen LogP contribution >= 0.6 is 11.6 Å². The van der Waals surface area contributed by atoms with Crippen LogP contribution in [0.2, 0.25) is 5.02 Å². The van der Waals surface area contributed by atoms with Crippen molar-refractivity contribution in [3.05, 3.63) is 23.2 Å². The smallest absolute Gasteiger partial charge is 0.256 e. The summed E-state index contributed by atoms with van der Waals surface area (Å²) in [5.74, 6) is 0.719. The van der Waals surface area contributed by atoms with E-state index in [9.17, 15) is 4.79 Å². The molecule has 0 saturated heterocycles. The van der Waals surface area contributed by atoms with Crippen molar-refractivity contribution in [2.45, 2.75) is 32.3 Å². The van der Waals surface area contributed by atoms with Gasteiger partial charge in [0.1, 0.15) is 18.0 Å². The second-order valence-electron chi connectivity index (χ2n) is 5.75. The summed E-state index contributed by atoms with van der Waals surface area (Å²) in [6.07, 6.45) is 2.05. The number of anilines is 1. The molecule has 1 saturated carbocycles. The van der Waals surface area contributed by atoms with E-state index < -0.39 is 5.60 Å². The monoisotopic (exact) mass is 341 g/mol. The number of carbonyl (C=O) groups excluding carboxylic acids is 1. The van der Waals surface area contributed by atoms with Crippen LogP contribution in [-0.2, 0) is 14.3 Å². The number of amides is 1. The molecule has 1 aliphatic rings. The Labute approximate surface area is 142 Å². The number of rotatable bonds is 9. The highest BCUT2D eigenvalue weighted by molar-refractivity contribution is 6.32. The predicted octanol–water partition coefficient (Wildman–Crippen LogP) is 3.51. The van der Waals surface area contributed by atoms with E-state index in [1.54, 1.807) is 25.3 Å². The Morgan fingerprint density at radius 1 is 1.39 bits per heavy atom. The molecule has 128 valence electrons.